The van der Waals surface area contributed by atoms with Gasteiger partial charge in [-0.2, -0.15) is 0 Å². The summed E-state index contributed by atoms with van der Waals surface area (Å²) in [7, 11) is 0. The minimum atomic E-state index is -0.516. The van der Waals surface area contributed by atoms with Crippen molar-refractivity contribution in [1.82, 2.24) is 9.88 Å². The van der Waals surface area contributed by atoms with Crippen molar-refractivity contribution in [2.45, 2.75) is 13.8 Å². The third-order valence-corrected chi connectivity index (χ3v) is 6.05. The molecule has 1 aliphatic rings. The largest absolute Gasteiger partial charge is 0.318 e. The van der Waals surface area contributed by atoms with Gasteiger partial charge in [0.25, 0.3) is 11.8 Å². The standard InChI is InChI=1S/C23H17BrClN3O2S/c1-13-10-15(14(2)27(13)18-8-6-17(25)7-9-18)11-20-21(29)26-23(31)28(22(20)30)19-5-3-4-16(24)12-19/h3-12H,1-2H3,(H,26,29,31)/b20-11-. The molecule has 0 aliphatic carbocycles. The first-order valence-electron chi connectivity index (χ1n) is 9.38. The second kappa shape index (κ2) is 8.42. The number of benzene rings is 2. The fourth-order valence-electron chi connectivity index (χ4n) is 3.58. The summed E-state index contributed by atoms with van der Waals surface area (Å²) in [5, 5.41) is 3.33. The van der Waals surface area contributed by atoms with Crippen LogP contribution in [0.3, 0.4) is 0 Å². The van der Waals surface area contributed by atoms with Gasteiger partial charge in [0.2, 0.25) is 0 Å². The number of aromatic nitrogens is 1. The number of amides is 2. The molecule has 0 spiro atoms. The van der Waals surface area contributed by atoms with E-state index in [9.17, 15) is 9.59 Å². The van der Waals surface area contributed by atoms with Gasteiger partial charge in [-0.1, -0.05) is 33.6 Å². The molecule has 2 amide bonds. The Kier molecular flexibility index (Phi) is 5.83. The van der Waals surface area contributed by atoms with E-state index in [0.717, 1.165) is 27.1 Å². The molecule has 4 rings (SSSR count). The molecule has 1 aliphatic heterocycles. The van der Waals surface area contributed by atoms with Crippen LogP contribution >= 0.6 is 39.7 Å². The topological polar surface area (TPSA) is 54.3 Å². The molecule has 0 saturated carbocycles. The Morgan fingerprint density at radius 1 is 1.03 bits per heavy atom. The predicted molar refractivity (Wildman–Crippen MR) is 131 cm³/mol. The van der Waals surface area contributed by atoms with Crippen molar-refractivity contribution >= 4 is 68.4 Å². The lowest BCUT2D eigenvalue weighted by Crippen LogP contribution is -2.54. The maximum Gasteiger partial charge on any atom is 0.270 e. The Labute approximate surface area is 198 Å². The average Bonchev–Trinajstić information content (AvgIpc) is 2.99. The van der Waals surface area contributed by atoms with Crippen LogP contribution in [-0.2, 0) is 9.59 Å². The molecule has 5 nitrogen and oxygen atoms in total. The van der Waals surface area contributed by atoms with E-state index in [1.54, 1.807) is 24.3 Å². The number of carbonyl (C=O) groups excluding carboxylic acids is 2. The molecule has 1 aromatic heterocycles. The molecule has 0 bridgehead atoms. The van der Waals surface area contributed by atoms with E-state index in [1.807, 2.05) is 54.8 Å². The number of aryl methyl sites for hydroxylation is 1. The smallest absolute Gasteiger partial charge is 0.270 e. The Bertz CT molecular complexity index is 1260. The molecule has 31 heavy (non-hydrogen) atoms. The summed E-state index contributed by atoms with van der Waals surface area (Å²) < 4.78 is 2.85. The summed E-state index contributed by atoms with van der Waals surface area (Å²) in [4.78, 5) is 27.2. The highest BCUT2D eigenvalue weighted by Crippen LogP contribution is 2.27. The maximum absolute atomic E-state index is 13.2. The van der Waals surface area contributed by atoms with Crippen molar-refractivity contribution in [2.75, 3.05) is 4.90 Å². The molecular weight excluding hydrogens is 498 g/mol. The molecule has 2 heterocycles. The van der Waals surface area contributed by atoms with Crippen molar-refractivity contribution in [3.63, 3.8) is 0 Å². The van der Waals surface area contributed by atoms with E-state index < -0.39 is 11.8 Å². The summed E-state index contributed by atoms with van der Waals surface area (Å²) in [5.74, 6) is -0.985. The third-order valence-electron chi connectivity index (χ3n) is 5.02. The Balaban J connectivity index is 1.76. The Morgan fingerprint density at radius 2 is 1.74 bits per heavy atom. The van der Waals surface area contributed by atoms with Gasteiger partial charge in [0.05, 0.1) is 5.69 Å². The molecule has 1 fully saturated rings. The van der Waals surface area contributed by atoms with E-state index >= 15 is 0 Å². The Morgan fingerprint density at radius 3 is 2.42 bits per heavy atom. The summed E-state index contributed by atoms with van der Waals surface area (Å²) in [6.45, 7) is 3.91. The van der Waals surface area contributed by atoms with E-state index in [1.165, 1.54) is 4.90 Å². The number of hydrogen-bond acceptors (Lipinski definition) is 3. The van der Waals surface area contributed by atoms with Crippen LogP contribution in [0.25, 0.3) is 11.8 Å². The first-order chi connectivity index (χ1) is 14.8. The number of hydrogen-bond donors (Lipinski definition) is 1. The van der Waals surface area contributed by atoms with Gasteiger partial charge in [0.15, 0.2) is 5.11 Å². The van der Waals surface area contributed by atoms with Crippen molar-refractivity contribution in [3.8, 4) is 5.69 Å². The van der Waals surface area contributed by atoms with Gasteiger partial charge in [0.1, 0.15) is 5.57 Å². The van der Waals surface area contributed by atoms with Gasteiger partial charge in [-0.15, -0.1) is 0 Å². The van der Waals surface area contributed by atoms with Crippen molar-refractivity contribution in [1.29, 1.82) is 0 Å². The molecule has 0 unspecified atom stereocenters. The number of thiocarbonyl (C=S) groups is 1. The highest BCUT2D eigenvalue weighted by atomic mass is 79.9. The van der Waals surface area contributed by atoms with Gasteiger partial charge in [0, 0.05) is 26.6 Å². The van der Waals surface area contributed by atoms with Crippen LogP contribution < -0.4 is 10.2 Å². The molecule has 0 radical (unpaired) electrons. The first kappa shape index (κ1) is 21.5. The zero-order valence-corrected chi connectivity index (χ0v) is 19.8. The van der Waals surface area contributed by atoms with E-state index in [4.69, 9.17) is 23.8 Å². The maximum atomic E-state index is 13.2. The molecule has 1 saturated heterocycles. The van der Waals surface area contributed by atoms with Crippen LogP contribution in [0.5, 0.6) is 0 Å². The number of halogens is 2. The zero-order valence-electron chi connectivity index (χ0n) is 16.6. The molecule has 0 atom stereocenters. The van der Waals surface area contributed by atoms with Crippen molar-refractivity contribution in [2.24, 2.45) is 0 Å². The number of rotatable bonds is 3. The number of nitrogens with one attached hydrogen (secondary N) is 1. The lowest BCUT2D eigenvalue weighted by atomic mass is 10.1. The zero-order chi connectivity index (χ0) is 22.3. The first-order valence-corrected chi connectivity index (χ1v) is 11.0. The minimum Gasteiger partial charge on any atom is -0.318 e. The van der Waals surface area contributed by atoms with Crippen LogP contribution in [0, 0.1) is 13.8 Å². The minimum absolute atomic E-state index is 0.0185. The van der Waals surface area contributed by atoms with Crippen LogP contribution in [0.1, 0.15) is 17.0 Å². The highest BCUT2D eigenvalue weighted by molar-refractivity contribution is 9.10. The van der Waals surface area contributed by atoms with Gasteiger partial charge in [-0.3, -0.25) is 19.8 Å². The van der Waals surface area contributed by atoms with Crippen LogP contribution in [0.15, 0.2) is 64.6 Å². The normalized spacial score (nSPS) is 15.5. The number of carbonyl (C=O) groups is 2. The van der Waals surface area contributed by atoms with E-state index in [0.29, 0.717) is 10.7 Å². The van der Waals surface area contributed by atoms with Gasteiger partial charge in [-0.25, -0.2) is 0 Å². The summed E-state index contributed by atoms with van der Waals surface area (Å²) in [5.41, 5.74) is 4.17. The molecule has 8 heteroatoms. The third kappa shape index (κ3) is 4.08. The SMILES string of the molecule is Cc1cc(/C=C2/C(=O)NC(=S)N(c3cccc(Br)c3)C2=O)c(C)n1-c1ccc(Cl)cc1. The number of anilines is 1. The predicted octanol–water partition coefficient (Wildman–Crippen LogP) is 5.34. The summed E-state index contributed by atoms with van der Waals surface area (Å²) in [6, 6.07) is 16.6. The fourth-order valence-corrected chi connectivity index (χ4v) is 4.38. The van der Waals surface area contributed by atoms with Crippen molar-refractivity contribution in [3.05, 3.63) is 86.6 Å². The fraction of sp³-hybridized carbons (Fsp3) is 0.0870. The van der Waals surface area contributed by atoms with Crippen LogP contribution in [-0.4, -0.2) is 21.5 Å². The molecule has 1 N–H and O–H groups in total. The lowest BCUT2D eigenvalue weighted by Gasteiger charge is -2.29. The lowest BCUT2D eigenvalue weighted by molar-refractivity contribution is -0.122. The van der Waals surface area contributed by atoms with Crippen molar-refractivity contribution < 1.29 is 9.59 Å². The Hall–Kier alpha value is -2.74. The molecule has 2 aromatic carbocycles. The van der Waals surface area contributed by atoms with Gasteiger partial charge < -0.3 is 4.57 Å². The summed E-state index contributed by atoms with van der Waals surface area (Å²) in [6.07, 6.45) is 1.61. The molecule has 156 valence electrons. The molecule has 3 aromatic rings. The summed E-state index contributed by atoms with van der Waals surface area (Å²) >= 11 is 14.7. The number of nitrogens with zero attached hydrogens (tertiary/aromatic N) is 2. The van der Waals surface area contributed by atoms with Crippen LogP contribution in [0.2, 0.25) is 5.02 Å². The average molecular weight is 515 g/mol. The van der Waals surface area contributed by atoms with E-state index in [-0.39, 0.29) is 10.7 Å². The second-order valence-electron chi connectivity index (χ2n) is 7.08. The van der Waals surface area contributed by atoms with Gasteiger partial charge >= 0.3 is 0 Å². The quantitative estimate of drug-likeness (QED) is 0.292. The van der Waals surface area contributed by atoms with E-state index in [2.05, 4.69) is 21.2 Å². The van der Waals surface area contributed by atoms with Crippen LogP contribution in [0.4, 0.5) is 5.69 Å². The highest BCUT2D eigenvalue weighted by Gasteiger charge is 2.34. The monoisotopic (exact) mass is 513 g/mol. The molecular formula is C23H17BrClN3O2S. The second-order valence-corrected chi connectivity index (χ2v) is 8.81. The van der Waals surface area contributed by atoms with Gasteiger partial charge in [-0.05, 0) is 86.2 Å².